The highest BCUT2D eigenvalue weighted by molar-refractivity contribution is 6.04. The van der Waals surface area contributed by atoms with Crippen molar-refractivity contribution in [3.63, 3.8) is 0 Å². The van der Waals surface area contributed by atoms with Gasteiger partial charge in [-0.05, 0) is 25.0 Å². The maximum absolute atomic E-state index is 12.5. The number of benzene rings is 1. The van der Waals surface area contributed by atoms with Crippen LogP contribution in [-0.4, -0.2) is 30.9 Å². The number of para-hydroxylation sites is 1. The standard InChI is InChI=1S/C15H18N2O4/c1-21-13(19)11-6-2-3-7-12(11)17-14(20)15(16-10-18)8-4-5-9-15/h2-3,6-7,10H,4-5,8-9H2,1H3,(H,16,18)(H,17,20). The Labute approximate surface area is 122 Å². The van der Waals surface area contributed by atoms with Gasteiger partial charge in [0.1, 0.15) is 5.54 Å². The van der Waals surface area contributed by atoms with Gasteiger partial charge in [-0.1, -0.05) is 25.0 Å². The van der Waals surface area contributed by atoms with Crippen LogP contribution in [-0.2, 0) is 14.3 Å². The number of anilines is 1. The minimum absolute atomic E-state index is 0.285. The summed E-state index contributed by atoms with van der Waals surface area (Å²) in [5.74, 6) is -0.821. The van der Waals surface area contributed by atoms with Gasteiger partial charge in [-0.3, -0.25) is 9.59 Å². The number of hydrogen-bond donors (Lipinski definition) is 2. The summed E-state index contributed by atoms with van der Waals surface area (Å²) in [5.41, 5.74) is -0.216. The van der Waals surface area contributed by atoms with Crippen molar-refractivity contribution >= 4 is 24.0 Å². The number of nitrogens with one attached hydrogen (secondary N) is 2. The molecule has 0 unspecified atom stereocenters. The van der Waals surface area contributed by atoms with Crippen LogP contribution in [0.15, 0.2) is 24.3 Å². The second-order valence-electron chi connectivity index (χ2n) is 5.04. The van der Waals surface area contributed by atoms with E-state index in [4.69, 9.17) is 4.74 Å². The molecule has 0 bridgehead atoms. The Bertz CT molecular complexity index is 550. The van der Waals surface area contributed by atoms with Crippen molar-refractivity contribution in [2.75, 3.05) is 12.4 Å². The van der Waals surface area contributed by atoms with Crippen molar-refractivity contribution in [1.29, 1.82) is 0 Å². The van der Waals surface area contributed by atoms with Gasteiger partial charge in [-0.25, -0.2) is 4.79 Å². The Hall–Kier alpha value is -2.37. The summed E-state index contributed by atoms with van der Waals surface area (Å²) >= 11 is 0. The largest absolute Gasteiger partial charge is 0.465 e. The van der Waals surface area contributed by atoms with Crippen LogP contribution in [0.1, 0.15) is 36.0 Å². The van der Waals surface area contributed by atoms with E-state index in [1.54, 1.807) is 24.3 Å². The van der Waals surface area contributed by atoms with E-state index in [-0.39, 0.29) is 11.5 Å². The molecule has 0 saturated heterocycles. The molecule has 1 fully saturated rings. The van der Waals surface area contributed by atoms with E-state index in [1.165, 1.54) is 7.11 Å². The molecule has 2 amide bonds. The number of hydrogen-bond acceptors (Lipinski definition) is 4. The predicted molar refractivity (Wildman–Crippen MR) is 76.8 cm³/mol. The third kappa shape index (κ3) is 3.04. The third-order valence-corrected chi connectivity index (χ3v) is 3.81. The summed E-state index contributed by atoms with van der Waals surface area (Å²) in [4.78, 5) is 35.0. The molecule has 112 valence electrons. The SMILES string of the molecule is COC(=O)c1ccccc1NC(=O)C1(NC=O)CCCC1. The second-order valence-corrected chi connectivity index (χ2v) is 5.04. The molecule has 2 rings (SSSR count). The highest BCUT2D eigenvalue weighted by atomic mass is 16.5. The zero-order chi connectivity index (χ0) is 15.3. The molecule has 1 saturated carbocycles. The van der Waals surface area contributed by atoms with E-state index >= 15 is 0 Å². The first-order chi connectivity index (χ1) is 10.1. The van der Waals surface area contributed by atoms with E-state index in [1.807, 2.05) is 0 Å². The van der Waals surface area contributed by atoms with Crippen LogP contribution in [0.2, 0.25) is 0 Å². The van der Waals surface area contributed by atoms with Crippen LogP contribution < -0.4 is 10.6 Å². The summed E-state index contributed by atoms with van der Waals surface area (Å²) < 4.78 is 4.69. The van der Waals surface area contributed by atoms with Crippen LogP contribution in [0.3, 0.4) is 0 Å². The summed E-state index contributed by atoms with van der Waals surface area (Å²) in [7, 11) is 1.29. The Kier molecular flexibility index (Phi) is 4.57. The number of carbonyl (C=O) groups is 3. The normalized spacial score (nSPS) is 16.0. The van der Waals surface area contributed by atoms with E-state index < -0.39 is 11.5 Å². The second kappa shape index (κ2) is 6.39. The molecule has 6 nitrogen and oxygen atoms in total. The zero-order valence-corrected chi connectivity index (χ0v) is 11.8. The smallest absolute Gasteiger partial charge is 0.339 e. The lowest BCUT2D eigenvalue weighted by Gasteiger charge is -2.27. The van der Waals surface area contributed by atoms with E-state index in [9.17, 15) is 14.4 Å². The molecule has 1 aliphatic rings. The predicted octanol–water partition coefficient (Wildman–Crippen LogP) is 1.47. The van der Waals surface area contributed by atoms with Gasteiger partial charge in [0.2, 0.25) is 12.3 Å². The van der Waals surface area contributed by atoms with Gasteiger partial charge >= 0.3 is 5.97 Å². The van der Waals surface area contributed by atoms with Crippen molar-refractivity contribution in [2.45, 2.75) is 31.2 Å². The summed E-state index contributed by atoms with van der Waals surface area (Å²) in [6, 6.07) is 6.62. The van der Waals surface area contributed by atoms with Crippen LogP contribution >= 0.6 is 0 Å². The minimum Gasteiger partial charge on any atom is -0.465 e. The Morgan fingerprint density at radius 1 is 1.24 bits per heavy atom. The van der Waals surface area contributed by atoms with Gasteiger partial charge in [-0.2, -0.15) is 0 Å². The summed E-state index contributed by atoms with van der Waals surface area (Å²) in [6.07, 6.45) is 3.51. The fraction of sp³-hybridized carbons (Fsp3) is 0.400. The lowest BCUT2D eigenvalue weighted by Crippen LogP contribution is -2.52. The van der Waals surface area contributed by atoms with E-state index in [0.29, 0.717) is 24.9 Å². The highest BCUT2D eigenvalue weighted by Crippen LogP contribution is 2.31. The molecule has 1 aromatic rings. The van der Waals surface area contributed by atoms with Crippen LogP contribution in [0, 0.1) is 0 Å². The summed E-state index contributed by atoms with van der Waals surface area (Å²) in [5, 5.41) is 5.36. The molecule has 0 aromatic heterocycles. The van der Waals surface area contributed by atoms with Crippen LogP contribution in [0.5, 0.6) is 0 Å². The monoisotopic (exact) mass is 290 g/mol. The highest BCUT2D eigenvalue weighted by Gasteiger charge is 2.41. The molecule has 1 aromatic carbocycles. The van der Waals surface area contributed by atoms with Gasteiger partial charge in [0.05, 0.1) is 18.4 Å². The Morgan fingerprint density at radius 3 is 2.52 bits per heavy atom. The van der Waals surface area contributed by atoms with Gasteiger partial charge in [-0.15, -0.1) is 0 Å². The van der Waals surface area contributed by atoms with Crippen molar-refractivity contribution < 1.29 is 19.1 Å². The van der Waals surface area contributed by atoms with Gasteiger partial charge in [0.25, 0.3) is 0 Å². The van der Waals surface area contributed by atoms with E-state index in [2.05, 4.69) is 10.6 Å². The van der Waals surface area contributed by atoms with Crippen LogP contribution in [0.4, 0.5) is 5.69 Å². The molecule has 0 heterocycles. The molecular formula is C15H18N2O4. The number of ether oxygens (including phenoxy) is 1. The third-order valence-electron chi connectivity index (χ3n) is 3.81. The Balaban J connectivity index is 2.23. The Morgan fingerprint density at radius 2 is 1.90 bits per heavy atom. The number of carbonyl (C=O) groups excluding carboxylic acids is 3. The molecule has 1 aliphatic carbocycles. The van der Waals surface area contributed by atoms with Crippen LogP contribution in [0.25, 0.3) is 0 Å². The van der Waals surface area contributed by atoms with Crippen molar-refractivity contribution in [1.82, 2.24) is 5.32 Å². The summed E-state index contributed by atoms with van der Waals surface area (Å²) in [6.45, 7) is 0. The average molecular weight is 290 g/mol. The number of esters is 1. The fourth-order valence-electron chi connectivity index (χ4n) is 2.65. The number of methoxy groups -OCH3 is 1. The van der Waals surface area contributed by atoms with Crippen molar-refractivity contribution in [3.05, 3.63) is 29.8 Å². The van der Waals surface area contributed by atoms with Gasteiger partial charge in [0, 0.05) is 0 Å². The van der Waals surface area contributed by atoms with Crippen molar-refractivity contribution in [2.24, 2.45) is 0 Å². The topological polar surface area (TPSA) is 84.5 Å². The van der Waals surface area contributed by atoms with Gasteiger partial charge in [0.15, 0.2) is 0 Å². The maximum Gasteiger partial charge on any atom is 0.339 e. The van der Waals surface area contributed by atoms with E-state index in [0.717, 1.165) is 12.8 Å². The fourth-order valence-corrected chi connectivity index (χ4v) is 2.65. The molecule has 0 radical (unpaired) electrons. The molecule has 0 atom stereocenters. The molecule has 2 N–H and O–H groups in total. The zero-order valence-electron chi connectivity index (χ0n) is 11.8. The lowest BCUT2D eigenvalue weighted by atomic mass is 9.96. The quantitative estimate of drug-likeness (QED) is 0.635. The first kappa shape index (κ1) is 15.0. The lowest BCUT2D eigenvalue weighted by molar-refractivity contribution is -0.125. The van der Waals surface area contributed by atoms with Gasteiger partial charge < -0.3 is 15.4 Å². The molecule has 21 heavy (non-hydrogen) atoms. The molecule has 0 aliphatic heterocycles. The average Bonchev–Trinajstić information content (AvgIpc) is 2.97. The molecule has 6 heteroatoms. The van der Waals surface area contributed by atoms with Crippen molar-refractivity contribution in [3.8, 4) is 0 Å². The number of rotatable bonds is 5. The first-order valence-electron chi connectivity index (χ1n) is 6.83. The minimum atomic E-state index is -0.884. The molecule has 0 spiro atoms. The first-order valence-corrected chi connectivity index (χ1v) is 6.83. The maximum atomic E-state index is 12.5. The number of amides is 2. The molecular weight excluding hydrogens is 272 g/mol.